The second-order valence-electron chi connectivity index (χ2n) is 10.3. The van der Waals surface area contributed by atoms with Crippen LogP contribution >= 0.6 is 7.82 Å². The molecule has 1 unspecified atom stereocenters. The molecular weight excluding hydrogens is 442 g/mol. The van der Waals surface area contributed by atoms with Gasteiger partial charge in [-0.05, 0) is 56.6 Å². The Labute approximate surface area is 185 Å². The highest BCUT2D eigenvalue weighted by atomic mass is 31.2. The fourth-order valence-electron chi connectivity index (χ4n) is 7.39. The number of Topliss-reactive ketones (excluding diaryl/α,β-unsaturated/α-hetero) is 1. The van der Waals surface area contributed by atoms with Crippen molar-refractivity contribution in [3.63, 3.8) is 0 Å². The number of alkyl halides is 1. The van der Waals surface area contributed by atoms with Crippen molar-refractivity contribution in [2.75, 3.05) is 6.61 Å². The summed E-state index contributed by atoms with van der Waals surface area (Å²) in [7, 11) is -5.43. The van der Waals surface area contributed by atoms with Crippen LogP contribution in [-0.2, 0) is 18.7 Å². The number of aliphatic hydroxyl groups excluding tert-OH is 1. The molecule has 8 nitrogen and oxygen atoms in total. The van der Waals surface area contributed by atoms with Crippen molar-refractivity contribution in [3.8, 4) is 0 Å². The van der Waals surface area contributed by atoms with Gasteiger partial charge in [0.1, 0.15) is 12.2 Å². The molecule has 8 atom stereocenters. The van der Waals surface area contributed by atoms with Crippen LogP contribution in [0.25, 0.3) is 0 Å². The minimum atomic E-state index is -5.43. The molecule has 0 aromatic heterocycles. The van der Waals surface area contributed by atoms with Gasteiger partial charge in [-0.1, -0.05) is 25.5 Å². The van der Waals surface area contributed by atoms with Crippen molar-refractivity contribution >= 4 is 19.4 Å². The van der Waals surface area contributed by atoms with Crippen molar-refractivity contribution in [1.82, 2.24) is 0 Å². The molecule has 32 heavy (non-hydrogen) atoms. The van der Waals surface area contributed by atoms with Gasteiger partial charge < -0.3 is 29.1 Å². The number of rotatable bonds is 4. The molecule has 0 saturated heterocycles. The maximum Gasteiger partial charge on any atom is 0.191 e. The second kappa shape index (κ2) is 7.14. The van der Waals surface area contributed by atoms with Gasteiger partial charge in [0.15, 0.2) is 17.2 Å². The normalized spacial score (nSPS) is 48.0. The molecule has 2 N–H and O–H groups in total. The van der Waals surface area contributed by atoms with Crippen LogP contribution in [0.2, 0.25) is 0 Å². The largest absolute Gasteiger partial charge is 0.790 e. The highest BCUT2D eigenvalue weighted by Crippen LogP contribution is 2.70. The van der Waals surface area contributed by atoms with E-state index in [1.165, 1.54) is 18.2 Å². The fraction of sp³-hybridized carbons (Fsp3) is 0.727. The van der Waals surface area contributed by atoms with E-state index in [9.17, 15) is 34.2 Å². The van der Waals surface area contributed by atoms with E-state index >= 15 is 4.39 Å². The average Bonchev–Trinajstić information content (AvgIpc) is 2.89. The maximum atomic E-state index is 17.0. The topological polar surface area (TPSA) is 147 Å². The number of carbonyl (C=O) groups excluding carboxylic acids is 2. The third-order valence-electron chi connectivity index (χ3n) is 9.00. The summed E-state index contributed by atoms with van der Waals surface area (Å²) in [6, 6.07) is 0. The predicted octanol–water partition coefficient (Wildman–Crippen LogP) is 0.749. The summed E-state index contributed by atoms with van der Waals surface area (Å²) in [6.07, 6.45) is 3.54. The third-order valence-corrected chi connectivity index (χ3v) is 9.45. The lowest BCUT2D eigenvalue weighted by molar-refractivity contribution is -0.341. The molecule has 0 radical (unpaired) electrons. The van der Waals surface area contributed by atoms with E-state index in [1.807, 2.05) is 0 Å². The fourth-order valence-corrected chi connectivity index (χ4v) is 7.66. The van der Waals surface area contributed by atoms with Crippen LogP contribution in [0, 0.1) is 28.6 Å². The highest BCUT2D eigenvalue weighted by Gasteiger charge is 2.75. The van der Waals surface area contributed by atoms with Gasteiger partial charge in [0, 0.05) is 16.7 Å². The molecule has 0 spiro atoms. The van der Waals surface area contributed by atoms with Gasteiger partial charge in [0.2, 0.25) is 0 Å². The zero-order chi connectivity index (χ0) is 23.9. The smallest absolute Gasteiger partial charge is 0.191 e. The average molecular weight is 470 g/mol. The summed E-state index contributed by atoms with van der Waals surface area (Å²) in [5.74, 6) is -3.06. The Bertz CT molecular complexity index is 973. The highest BCUT2D eigenvalue weighted by molar-refractivity contribution is 7.43. The van der Waals surface area contributed by atoms with Gasteiger partial charge in [-0.15, -0.1) is 0 Å². The Hall–Kier alpha value is -1.22. The summed E-state index contributed by atoms with van der Waals surface area (Å²) < 4.78 is 32.0. The minimum Gasteiger partial charge on any atom is -0.790 e. The monoisotopic (exact) mass is 470 g/mol. The van der Waals surface area contributed by atoms with Crippen LogP contribution in [0.1, 0.15) is 46.5 Å². The Morgan fingerprint density at radius 2 is 2.00 bits per heavy atom. The molecule has 0 bridgehead atoms. The SMILES string of the molecule is C[C@H]1C[C@H]2[C@@H]3CCC4=CC(=O)C=CC4(C)[C@@]3(F)[C@@H](O)C[C@]2(C)[C@@]1(O)C(=O)COP(=O)([O-])[O-]. The van der Waals surface area contributed by atoms with Crippen LogP contribution < -0.4 is 9.79 Å². The lowest BCUT2D eigenvalue weighted by Crippen LogP contribution is -2.69. The summed E-state index contributed by atoms with van der Waals surface area (Å²) in [6.45, 7) is 3.80. The molecule has 0 heterocycles. The van der Waals surface area contributed by atoms with E-state index in [2.05, 4.69) is 4.52 Å². The standard InChI is InChI=1S/C22H30FO8P/c1-12-8-16-15-5-4-13-9-14(24)6-7-19(13,2)21(15,23)17(25)10-20(16,3)22(12,27)18(26)11-31-32(28,29)30/h6-7,9,12,15-17,25,27H,4-5,8,10-11H2,1-3H3,(H2,28,29,30)/p-2/t12-,15-,16-,17-,19?,20-,21-,22-/m0/s1. The van der Waals surface area contributed by atoms with E-state index in [1.54, 1.807) is 20.8 Å². The Kier molecular flexibility index (Phi) is 5.34. The first-order valence-electron chi connectivity index (χ1n) is 10.8. The number of aliphatic hydroxyl groups is 2. The van der Waals surface area contributed by atoms with Crippen LogP contribution in [0.4, 0.5) is 4.39 Å². The van der Waals surface area contributed by atoms with Gasteiger partial charge >= 0.3 is 0 Å². The van der Waals surface area contributed by atoms with Crippen LogP contribution in [0.15, 0.2) is 23.8 Å². The van der Waals surface area contributed by atoms with Crippen molar-refractivity contribution in [1.29, 1.82) is 0 Å². The minimum absolute atomic E-state index is 0.224. The molecule has 0 amide bonds. The first kappa shape index (κ1) is 23.9. The molecule has 178 valence electrons. The number of halogens is 1. The van der Waals surface area contributed by atoms with E-state index in [4.69, 9.17) is 0 Å². The molecule has 0 aromatic carbocycles. The maximum absolute atomic E-state index is 17.0. The molecule has 3 fully saturated rings. The lowest BCUT2D eigenvalue weighted by atomic mass is 9.44. The molecule has 4 rings (SSSR count). The van der Waals surface area contributed by atoms with Gasteiger partial charge in [-0.3, -0.25) is 9.59 Å². The number of carbonyl (C=O) groups is 2. The molecule has 10 heteroatoms. The summed E-state index contributed by atoms with van der Waals surface area (Å²) in [4.78, 5) is 46.6. The zero-order valence-electron chi connectivity index (χ0n) is 18.2. The van der Waals surface area contributed by atoms with E-state index in [-0.39, 0.29) is 18.6 Å². The van der Waals surface area contributed by atoms with Crippen molar-refractivity contribution in [2.24, 2.45) is 28.6 Å². The quantitative estimate of drug-likeness (QED) is 0.572. The molecule has 3 saturated carbocycles. The number of hydrogen-bond acceptors (Lipinski definition) is 8. The zero-order valence-corrected chi connectivity index (χ0v) is 19.1. The van der Waals surface area contributed by atoms with Crippen molar-refractivity contribution in [2.45, 2.75) is 63.8 Å². The molecule has 0 aromatic rings. The van der Waals surface area contributed by atoms with E-state index in [0.29, 0.717) is 18.4 Å². The van der Waals surface area contributed by atoms with Gasteiger partial charge in [0.05, 0.1) is 13.9 Å². The van der Waals surface area contributed by atoms with Gasteiger partial charge in [-0.2, -0.15) is 0 Å². The number of hydrogen-bond donors (Lipinski definition) is 2. The Morgan fingerprint density at radius 3 is 2.62 bits per heavy atom. The number of allylic oxidation sites excluding steroid dienone is 4. The lowest BCUT2D eigenvalue weighted by Gasteiger charge is -2.62. The Balaban J connectivity index is 1.74. The van der Waals surface area contributed by atoms with Crippen molar-refractivity contribution in [3.05, 3.63) is 23.8 Å². The second-order valence-corrected chi connectivity index (χ2v) is 11.5. The van der Waals surface area contributed by atoms with Gasteiger partial charge in [0.25, 0.3) is 0 Å². The molecule has 0 aliphatic heterocycles. The van der Waals surface area contributed by atoms with E-state index < -0.39 is 66.2 Å². The first-order chi connectivity index (χ1) is 14.6. The van der Waals surface area contributed by atoms with Crippen LogP contribution in [-0.4, -0.2) is 45.8 Å². The predicted molar refractivity (Wildman–Crippen MR) is 106 cm³/mol. The molecule has 4 aliphatic rings. The van der Waals surface area contributed by atoms with Gasteiger partial charge in [-0.25, -0.2) is 4.39 Å². The summed E-state index contributed by atoms with van der Waals surface area (Å²) in [5, 5.41) is 22.8. The molecule has 4 aliphatic carbocycles. The Morgan fingerprint density at radius 1 is 1.34 bits per heavy atom. The number of ketones is 2. The third kappa shape index (κ3) is 2.95. The van der Waals surface area contributed by atoms with Crippen LogP contribution in [0.3, 0.4) is 0 Å². The van der Waals surface area contributed by atoms with Crippen molar-refractivity contribution < 1.29 is 43.1 Å². The summed E-state index contributed by atoms with van der Waals surface area (Å²) >= 11 is 0. The number of fused-ring (bicyclic) bond motifs is 5. The van der Waals surface area contributed by atoms with Crippen LogP contribution in [0.5, 0.6) is 0 Å². The number of phosphoric acid groups is 1. The molecular formula is C22H28FO8P-2. The first-order valence-corrected chi connectivity index (χ1v) is 12.3. The van der Waals surface area contributed by atoms with E-state index in [0.717, 1.165) is 0 Å². The number of phosphoric ester groups is 1. The summed E-state index contributed by atoms with van der Waals surface area (Å²) in [5.41, 5.74) is -6.03.